The molecule has 1 saturated heterocycles. The number of likely N-dealkylation sites (tertiary alicyclic amines) is 1. The van der Waals surface area contributed by atoms with Gasteiger partial charge in [0.05, 0.1) is 18.1 Å². The first-order valence-corrected chi connectivity index (χ1v) is 13.5. The molecule has 4 unspecified atom stereocenters. The summed E-state index contributed by atoms with van der Waals surface area (Å²) in [5.74, 6) is -0.524. The number of hydrogen-bond donors (Lipinski definition) is 1. The molecule has 3 aromatic carbocycles. The Labute approximate surface area is 212 Å². The van der Waals surface area contributed by atoms with Crippen molar-refractivity contribution in [2.24, 2.45) is 11.3 Å². The van der Waals surface area contributed by atoms with Gasteiger partial charge in [0.2, 0.25) is 0 Å². The minimum absolute atomic E-state index is 0.0207. The van der Waals surface area contributed by atoms with Gasteiger partial charge < -0.3 is 9.84 Å². The van der Waals surface area contributed by atoms with Crippen LogP contribution < -0.4 is 0 Å². The standard InChI is InChI=1S/C30H33NO3S/c1-34-28(32)29-21-31(19-22-9-5-3-6-10-22)20-27(29)30(33,24-13-15-25(35-2)16-14-24)18-17-26(29)23-11-7-4-8-12-23/h3-16,26-27,33H,17-21H2,1-2H3. The highest BCUT2D eigenvalue weighted by molar-refractivity contribution is 7.98. The third-order valence-electron chi connectivity index (χ3n) is 8.17. The largest absolute Gasteiger partial charge is 0.469 e. The van der Waals surface area contributed by atoms with E-state index >= 15 is 0 Å². The molecule has 5 rings (SSSR count). The molecule has 3 aromatic rings. The van der Waals surface area contributed by atoms with Gasteiger partial charge in [-0.3, -0.25) is 9.69 Å². The average molecular weight is 488 g/mol. The van der Waals surface area contributed by atoms with Crippen molar-refractivity contribution >= 4 is 17.7 Å². The van der Waals surface area contributed by atoms with E-state index in [-0.39, 0.29) is 17.8 Å². The van der Waals surface area contributed by atoms with Gasteiger partial charge in [-0.25, -0.2) is 0 Å². The normalized spacial score (nSPS) is 28.4. The molecule has 1 N–H and O–H groups in total. The van der Waals surface area contributed by atoms with Gasteiger partial charge in [-0.1, -0.05) is 72.8 Å². The van der Waals surface area contributed by atoms with Gasteiger partial charge in [-0.2, -0.15) is 0 Å². The Morgan fingerprint density at radius 2 is 1.69 bits per heavy atom. The Balaban J connectivity index is 1.61. The molecule has 0 spiro atoms. The molecule has 1 saturated carbocycles. The van der Waals surface area contributed by atoms with E-state index in [2.05, 4.69) is 47.6 Å². The van der Waals surface area contributed by atoms with E-state index < -0.39 is 11.0 Å². The van der Waals surface area contributed by atoms with Gasteiger partial charge in [0.1, 0.15) is 0 Å². The SMILES string of the molecule is COC(=O)C12CN(Cc3ccccc3)CC1C(O)(c1ccc(SC)cc1)CCC2c1ccccc1. The minimum atomic E-state index is -1.11. The molecule has 1 heterocycles. The highest BCUT2D eigenvalue weighted by Gasteiger charge is 2.66. The molecule has 2 aliphatic rings. The minimum Gasteiger partial charge on any atom is -0.469 e. The number of ether oxygens (including phenoxy) is 1. The van der Waals surface area contributed by atoms with E-state index in [0.29, 0.717) is 19.5 Å². The topological polar surface area (TPSA) is 49.8 Å². The van der Waals surface area contributed by atoms with Crippen LogP contribution in [-0.4, -0.2) is 42.4 Å². The maximum Gasteiger partial charge on any atom is 0.314 e. The van der Waals surface area contributed by atoms with Gasteiger partial charge in [-0.15, -0.1) is 11.8 Å². The number of carbonyl (C=O) groups excluding carboxylic acids is 1. The predicted octanol–water partition coefficient (Wildman–Crippen LogP) is 5.47. The fourth-order valence-electron chi connectivity index (χ4n) is 6.57. The zero-order valence-electron chi connectivity index (χ0n) is 20.4. The number of methoxy groups -OCH3 is 1. The molecule has 0 amide bonds. The van der Waals surface area contributed by atoms with E-state index in [1.807, 2.05) is 48.5 Å². The second-order valence-corrected chi connectivity index (χ2v) is 10.8. The van der Waals surface area contributed by atoms with E-state index in [4.69, 9.17) is 4.74 Å². The van der Waals surface area contributed by atoms with Crippen molar-refractivity contribution in [3.05, 3.63) is 102 Å². The fourth-order valence-corrected chi connectivity index (χ4v) is 6.98. The molecule has 0 radical (unpaired) electrons. The van der Waals surface area contributed by atoms with Crippen LogP contribution in [0.15, 0.2) is 89.8 Å². The van der Waals surface area contributed by atoms with E-state index in [9.17, 15) is 9.90 Å². The lowest BCUT2D eigenvalue weighted by Crippen LogP contribution is -2.56. The van der Waals surface area contributed by atoms with Crippen LogP contribution in [0.1, 0.15) is 35.4 Å². The fraction of sp³-hybridized carbons (Fsp3) is 0.367. The number of rotatable bonds is 6. The molecule has 5 heteroatoms. The Kier molecular flexibility index (Phi) is 6.75. The van der Waals surface area contributed by atoms with Crippen LogP contribution in [0.4, 0.5) is 0 Å². The van der Waals surface area contributed by atoms with Crippen molar-refractivity contribution < 1.29 is 14.6 Å². The number of aliphatic hydroxyl groups is 1. The van der Waals surface area contributed by atoms with Crippen LogP contribution in [0.2, 0.25) is 0 Å². The van der Waals surface area contributed by atoms with Gasteiger partial charge in [0, 0.05) is 36.4 Å². The lowest BCUT2D eigenvalue weighted by molar-refractivity contribution is -0.173. The molecule has 4 nitrogen and oxygen atoms in total. The van der Waals surface area contributed by atoms with Crippen LogP contribution in [0.25, 0.3) is 0 Å². The summed E-state index contributed by atoms with van der Waals surface area (Å²) in [5.41, 5.74) is 1.29. The zero-order valence-corrected chi connectivity index (χ0v) is 21.2. The third kappa shape index (κ3) is 4.20. The number of esters is 1. The smallest absolute Gasteiger partial charge is 0.314 e. The lowest BCUT2D eigenvalue weighted by Gasteiger charge is -2.51. The van der Waals surface area contributed by atoms with Crippen molar-refractivity contribution in [3.63, 3.8) is 0 Å². The number of nitrogens with zero attached hydrogens (tertiary/aromatic N) is 1. The van der Waals surface area contributed by atoms with Crippen molar-refractivity contribution in [1.29, 1.82) is 0 Å². The molecule has 182 valence electrons. The molecular formula is C30H33NO3S. The first kappa shape index (κ1) is 24.1. The number of benzene rings is 3. The molecule has 2 fully saturated rings. The third-order valence-corrected chi connectivity index (χ3v) is 8.91. The molecule has 4 atom stereocenters. The molecule has 35 heavy (non-hydrogen) atoms. The van der Waals surface area contributed by atoms with E-state index in [1.165, 1.54) is 12.7 Å². The number of fused-ring (bicyclic) bond motifs is 1. The highest BCUT2D eigenvalue weighted by Crippen LogP contribution is 2.61. The summed E-state index contributed by atoms with van der Waals surface area (Å²) < 4.78 is 5.53. The molecule has 0 bridgehead atoms. The van der Waals surface area contributed by atoms with Crippen LogP contribution in [0.5, 0.6) is 0 Å². The van der Waals surface area contributed by atoms with Gasteiger partial charge in [0.15, 0.2) is 0 Å². The molecule has 0 aromatic heterocycles. The van der Waals surface area contributed by atoms with Gasteiger partial charge in [-0.05, 0) is 47.9 Å². The van der Waals surface area contributed by atoms with Crippen molar-refractivity contribution in [2.75, 3.05) is 26.5 Å². The van der Waals surface area contributed by atoms with Crippen molar-refractivity contribution in [1.82, 2.24) is 4.90 Å². The molecule has 1 aliphatic heterocycles. The van der Waals surface area contributed by atoms with Crippen LogP contribution in [-0.2, 0) is 21.7 Å². The molecule has 1 aliphatic carbocycles. The average Bonchev–Trinajstić information content (AvgIpc) is 3.31. The maximum absolute atomic E-state index is 13.8. The van der Waals surface area contributed by atoms with Gasteiger partial charge in [0.25, 0.3) is 0 Å². The van der Waals surface area contributed by atoms with Crippen molar-refractivity contribution in [2.45, 2.75) is 35.8 Å². The Morgan fingerprint density at radius 3 is 2.31 bits per heavy atom. The number of thioether (sulfide) groups is 1. The Hall–Kier alpha value is -2.60. The summed E-state index contributed by atoms with van der Waals surface area (Å²) in [6.45, 7) is 1.93. The second-order valence-electron chi connectivity index (χ2n) is 9.89. The summed E-state index contributed by atoms with van der Waals surface area (Å²) in [6.07, 6.45) is 3.37. The van der Waals surface area contributed by atoms with Crippen molar-refractivity contribution in [3.8, 4) is 0 Å². The maximum atomic E-state index is 13.8. The molecular weight excluding hydrogens is 454 g/mol. The predicted molar refractivity (Wildman–Crippen MR) is 140 cm³/mol. The Morgan fingerprint density at radius 1 is 1.03 bits per heavy atom. The second kappa shape index (κ2) is 9.81. The first-order valence-electron chi connectivity index (χ1n) is 12.3. The van der Waals surface area contributed by atoms with E-state index in [0.717, 1.165) is 29.0 Å². The summed E-state index contributed by atoms with van der Waals surface area (Å²) in [7, 11) is 1.48. The highest BCUT2D eigenvalue weighted by atomic mass is 32.2. The first-order chi connectivity index (χ1) is 17.0. The van der Waals surface area contributed by atoms with Gasteiger partial charge >= 0.3 is 5.97 Å². The van der Waals surface area contributed by atoms with Crippen LogP contribution in [0.3, 0.4) is 0 Å². The summed E-state index contributed by atoms with van der Waals surface area (Å²) in [5, 5.41) is 12.4. The zero-order chi connectivity index (χ0) is 24.5. The monoisotopic (exact) mass is 487 g/mol. The Bertz CT molecular complexity index is 1150. The van der Waals surface area contributed by atoms with E-state index in [1.54, 1.807) is 11.8 Å². The quantitative estimate of drug-likeness (QED) is 0.369. The summed E-state index contributed by atoms with van der Waals surface area (Å²) in [4.78, 5) is 17.3. The summed E-state index contributed by atoms with van der Waals surface area (Å²) in [6, 6.07) is 28.9. The van der Waals surface area contributed by atoms with Crippen LogP contribution >= 0.6 is 11.8 Å². The number of carbonyl (C=O) groups is 1. The lowest BCUT2D eigenvalue weighted by atomic mass is 9.53. The summed E-state index contributed by atoms with van der Waals surface area (Å²) >= 11 is 1.69. The van der Waals surface area contributed by atoms with Crippen LogP contribution in [0, 0.1) is 11.3 Å². The number of hydrogen-bond acceptors (Lipinski definition) is 5.